The monoisotopic (exact) mass is 164 g/mol. The number of hydrogen-bond acceptors (Lipinski definition) is 3. The van der Waals surface area contributed by atoms with Gasteiger partial charge in [0.2, 0.25) is 0 Å². The van der Waals surface area contributed by atoms with Crippen LogP contribution in [0.1, 0.15) is 5.56 Å². The number of hydrogen-bond donors (Lipinski definition) is 1. The molecule has 0 saturated heterocycles. The van der Waals surface area contributed by atoms with Crippen LogP contribution in [-0.4, -0.2) is 12.1 Å². The second-order valence-electron chi connectivity index (χ2n) is 2.34. The molecule has 0 bridgehead atoms. The molecule has 0 aliphatic rings. The van der Waals surface area contributed by atoms with Gasteiger partial charge in [-0.1, -0.05) is 6.07 Å². The summed E-state index contributed by atoms with van der Waals surface area (Å²) in [5, 5.41) is 2.99. The zero-order valence-electron chi connectivity index (χ0n) is 7.08. The molecule has 12 heavy (non-hydrogen) atoms. The highest BCUT2D eigenvalue weighted by Gasteiger charge is 1.91. The minimum atomic E-state index is 0.568. The predicted molar refractivity (Wildman–Crippen MR) is 47.2 cm³/mol. The lowest BCUT2D eigenvalue weighted by atomic mass is 10.3. The van der Waals surface area contributed by atoms with Gasteiger partial charge in [0, 0.05) is 18.9 Å². The van der Waals surface area contributed by atoms with Crippen molar-refractivity contribution >= 4 is 0 Å². The van der Waals surface area contributed by atoms with Crippen molar-refractivity contribution in [3.05, 3.63) is 42.6 Å². The molecular formula is C9H12N2O. The normalized spacial score (nSPS) is 9.08. The van der Waals surface area contributed by atoms with Crippen LogP contribution in [-0.2, 0) is 11.3 Å². The number of ether oxygens (including phenoxy) is 1. The Balaban J connectivity index is 2.38. The Kier molecular flexibility index (Phi) is 3.14. The van der Waals surface area contributed by atoms with Gasteiger partial charge in [0.15, 0.2) is 5.88 Å². The van der Waals surface area contributed by atoms with Crippen LogP contribution in [0.2, 0.25) is 0 Å². The lowest BCUT2D eigenvalue weighted by molar-refractivity contribution is 0.262. The van der Waals surface area contributed by atoms with Gasteiger partial charge in [0.25, 0.3) is 0 Å². The van der Waals surface area contributed by atoms with Gasteiger partial charge >= 0.3 is 0 Å². The zero-order valence-corrected chi connectivity index (χ0v) is 7.08. The van der Waals surface area contributed by atoms with E-state index in [9.17, 15) is 0 Å². The first kappa shape index (κ1) is 8.59. The van der Waals surface area contributed by atoms with Crippen LogP contribution in [0.15, 0.2) is 37.0 Å². The van der Waals surface area contributed by atoms with Crippen LogP contribution in [0, 0.1) is 0 Å². The quantitative estimate of drug-likeness (QED) is 0.681. The van der Waals surface area contributed by atoms with Gasteiger partial charge in [-0.05, 0) is 18.2 Å². The zero-order chi connectivity index (χ0) is 8.81. The van der Waals surface area contributed by atoms with Crippen LogP contribution in [0.25, 0.3) is 0 Å². The average Bonchev–Trinajstić information content (AvgIpc) is 2.16. The maximum atomic E-state index is 4.85. The van der Waals surface area contributed by atoms with Crippen molar-refractivity contribution in [3.8, 4) is 0 Å². The molecule has 0 aromatic carbocycles. The summed E-state index contributed by atoms with van der Waals surface area (Å²) in [5.74, 6) is 0.568. The Labute approximate surface area is 72.1 Å². The van der Waals surface area contributed by atoms with Gasteiger partial charge in [-0.15, -0.1) is 0 Å². The standard InChI is InChI=1S/C9H12N2O/c1-8(12-2)11-7-9-4-3-5-10-6-9/h3-6,11H,1,7H2,2H3. The summed E-state index contributed by atoms with van der Waals surface area (Å²) in [6, 6.07) is 3.88. The average molecular weight is 164 g/mol. The summed E-state index contributed by atoms with van der Waals surface area (Å²) in [4.78, 5) is 3.98. The Morgan fingerprint density at radius 3 is 3.17 bits per heavy atom. The van der Waals surface area contributed by atoms with Crippen LogP contribution < -0.4 is 5.32 Å². The van der Waals surface area contributed by atoms with Gasteiger partial charge in [-0.2, -0.15) is 0 Å². The third-order valence-corrected chi connectivity index (χ3v) is 1.46. The van der Waals surface area contributed by atoms with Crippen LogP contribution in [0.5, 0.6) is 0 Å². The molecule has 1 aromatic rings. The van der Waals surface area contributed by atoms with Crippen LogP contribution >= 0.6 is 0 Å². The number of rotatable bonds is 4. The van der Waals surface area contributed by atoms with Gasteiger partial charge in [-0.3, -0.25) is 4.98 Å². The summed E-state index contributed by atoms with van der Waals surface area (Å²) in [5.41, 5.74) is 1.11. The molecule has 0 spiro atoms. The number of nitrogens with zero attached hydrogens (tertiary/aromatic N) is 1. The Bertz CT molecular complexity index is 246. The molecule has 64 valence electrons. The minimum Gasteiger partial charge on any atom is -0.483 e. The van der Waals surface area contributed by atoms with Crippen molar-refractivity contribution in [2.24, 2.45) is 0 Å². The topological polar surface area (TPSA) is 34.2 Å². The summed E-state index contributed by atoms with van der Waals surface area (Å²) in [7, 11) is 1.58. The largest absolute Gasteiger partial charge is 0.483 e. The highest BCUT2D eigenvalue weighted by atomic mass is 16.5. The van der Waals surface area contributed by atoms with E-state index in [4.69, 9.17) is 4.74 Å². The van der Waals surface area contributed by atoms with E-state index in [1.807, 2.05) is 12.1 Å². The lowest BCUT2D eigenvalue weighted by Crippen LogP contribution is -2.12. The van der Waals surface area contributed by atoms with E-state index < -0.39 is 0 Å². The minimum absolute atomic E-state index is 0.568. The van der Waals surface area contributed by atoms with Crippen LogP contribution in [0.4, 0.5) is 0 Å². The van der Waals surface area contributed by atoms with Crippen molar-refractivity contribution in [2.75, 3.05) is 7.11 Å². The second kappa shape index (κ2) is 4.38. The van der Waals surface area contributed by atoms with Gasteiger partial charge < -0.3 is 10.1 Å². The van der Waals surface area contributed by atoms with E-state index in [0.29, 0.717) is 12.4 Å². The fourth-order valence-electron chi connectivity index (χ4n) is 0.776. The molecule has 0 unspecified atom stereocenters. The first-order valence-corrected chi connectivity index (χ1v) is 3.68. The Hall–Kier alpha value is -1.51. The summed E-state index contributed by atoms with van der Waals surface area (Å²) in [6.07, 6.45) is 3.55. The second-order valence-corrected chi connectivity index (χ2v) is 2.34. The van der Waals surface area contributed by atoms with Crippen molar-refractivity contribution < 1.29 is 4.74 Å². The molecule has 1 heterocycles. The third-order valence-electron chi connectivity index (χ3n) is 1.46. The molecule has 1 N–H and O–H groups in total. The molecule has 0 aliphatic carbocycles. The summed E-state index contributed by atoms with van der Waals surface area (Å²) in [6.45, 7) is 4.33. The third kappa shape index (κ3) is 2.62. The molecule has 0 radical (unpaired) electrons. The lowest BCUT2D eigenvalue weighted by Gasteiger charge is -2.06. The molecule has 0 saturated carbocycles. The SMILES string of the molecule is C=C(NCc1cccnc1)OC. The number of aromatic nitrogens is 1. The van der Waals surface area contributed by atoms with E-state index in [1.165, 1.54) is 0 Å². The number of pyridine rings is 1. The van der Waals surface area contributed by atoms with E-state index >= 15 is 0 Å². The molecule has 1 rings (SSSR count). The van der Waals surface area contributed by atoms with E-state index in [2.05, 4.69) is 16.9 Å². The van der Waals surface area contributed by atoms with Crippen molar-refractivity contribution in [2.45, 2.75) is 6.54 Å². The van der Waals surface area contributed by atoms with Crippen LogP contribution in [0.3, 0.4) is 0 Å². The number of methoxy groups -OCH3 is 1. The molecule has 1 aromatic heterocycles. The van der Waals surface area contributed by atoms with E-state index in [1.54, 1.807) is 19.5 Å². The molecule has 0 aliphatic heterocycles. The molecule has 3 nitrogen and oxygen atoms in total. The highest BCUT2D eigenvalue weighted by Crippen LogP contribution is 1.95. The predicted octanol–water partition coefficient (Wildman–Crippen LogP) is 1.29. The molecular weight excluding hydrogens is 152 g/mol. The first-order chi connectivity index (χ1) is 5.83. The summed E-state index contributed by atoms with van der Waals surface area (Å²) >= 11 is 0. The maximum absolute atomic E-state index is 4.85. The van der Waals surface area contributed by atoms with Crippen molar-refractivity contribution in [1.29, 1.82) is 0 Å². The molecule has 0 atom stereocenters. The fraction of sp³-hybridized carbons (Fsp3) is 0.222. The smallest absolute Gasteiger partial charge is 0.179 e. The van der Waals surface area contributed by atoms with Crippen molar-refractivity contribution in [3.63, 3.8) is 0 Å². The Morgan fingerprint density at radius 1 is 1.75 bits per heavy atom. The van der Waals surface area contributed by atoms with E-state index in [-0.39, 0.29) is 0 Å². The van der Waals surface area contributed by atoms with Gasteiger partial charge in [0.1, 0.15) is 0 Å². The number of nitrogens with one attached hydrogen (secondary N) is 1. The first-order valence-electron chi connectivity index (χ1n) is 3.68. The fourth-order valence-corrected chi connectivity index (χ4v) is 0.776. The molecule has 3 heteroatoms. The van der Waals surface area contributed by atoms with Crippen molar-refractivity contribution in [1.82, 2.24) is 10.3 Å². The van der Waals surface area contributed by atoms with E-state index in [0.717, 1.165) is 5.56 Å². The van der Waals surface area contributed by atoms with Gasteiger partial charge in [0.05, 0.1) is 7.11 Å². The Morgan fingerprint density at radius 2 is 2.58 bits per heavy atom. The van der Waals surface area contributed by atoms with Gasteiger partial charge in [-0.25, -0.2) is 0 Å². The molecule has 0 fully saturated rings. The highest BCUT2D eigenvalue weighted by molar-refractivity contribution is 5.08. The molecule has 0 amide bonds. The maximum Gasteiger partial charge on any atom is 0.179 e. The summed E-state index contributed by atoms with van der Waals surface area (Å²) < 4.78 is 4.85.